The first-order chi connectivity index (χ1) is 7.68. The monoisotopic (exact) mass is 215 g/mol. The summed E-state index contributed by atoms with van der Waals surface area (Å²) >= 11 is 0. The molecule has 0 aliphatic heterocycles. The summed E-state index contributed by atoms with van der Waals surface area (Å²) in [6, 6.07) is 9.31. The zero-order valence-corrected chi connectivity index (χ0v) is 8.77. The van der Waals surface area contributed by atoms with E-state index in [4.69, 9.17) is 0 Å². The minimum Gasteiger partial charge on any atom is -0.288 e. The van der Waals surface area contributed by atoms with Gasteiger partial charge in [-0.05, 0) is 31.2 Å². The van der Waals surface area contributed by atoms with E-state index in [2.05, 4.69) is 4.98 Å². The van der Waals surface area contributed by atoms with Crippen LogP contribution >= 0.6 is 0 Å². The Labute approximate surface area is 92.8 Å². The normalized spacial score (nSPS) is 10.1. The lowest BCUT2D eigenvalue weighted by atomic mass is 10.0. The van der Waals surface area contributed by atoms with Gasteiger partial charge < -0.3 is 0 Å². The molecular weight excluding hydrogens is 205 g/mol. The number of pyridine rings is 1. The van der Waals surface area contributed by atoms with Crippen molar-refractivity contribution < 1.29 is 9.18 Å². The second-order valence-electron chi connectivity index (χ2n) is 3.50. The van der Waals surface area contributed by atoms with Crippen molar-refractivity contribution in [2.75, 3.05) is 0 Å². The van der Waals surface area contributed by atoms with Gasteiger partial charge >= 0.3 is 0 Å². The van der Waals surface area contributed by atoms with Crippen LogP contribution < -0.4 is 0 Å². The number of hydrogen-bond acceptors (Lipinski definition) is 2. The molecule has 0 spiro atoms. The number of hydrogen-bond donors (Lipinski definition) is 0. The van der Waals surface area contributed by atoms with Crippen LogP contribution in [0.2, 0.25) is 0 Å². The maximum atomic E-state index is 13.4. The molecule has 0 aliphatic carbocycles. The molecule has 1 aromatic heterocycles. The highest BCUT2D eigenvalue weighted by Crippen LogP contribution is 2.12. The Bertz CT molecular complexity index is 520. The van der Waals surface area contributed by atoms with Gasteiger partial charge in [-0.15, -0.1) is 0 Å². The molecule has 0 N–H and O–H groups in total. The van der Waals surface area contributed by atoms with Crippen LogP contribution in [0.3, 0.4) is 0 Å². The molecule has 0 amide bonds. The van der Waals surface area contributed by atoms with E-state index in [1.807, 2.05) is 6.92 Å². The number of rotatable bonds is 2. The molecule has 2 aromatic rings. The Hall–Kier alpha value is -2.03. The number of carbonyl (C=O) groups is 1. The molecule has 0 saturated carbocycles. The Morgan fingerprint density at radius 3 is 2.56 bits per heavy atom. The SMILES string of the molecule is Cc1ccc(C(=O)c2ccccc2F)cn1. The third-order valence-electron chi connectivity index (χ3n) is 2.29. The molecule has 0 radical (unpaired) electrons. The van der Waals surface area contributed by atoms with E-state index in [1.165, 1.54) is 18.3 Å². The van der Waals surface area contributed by atoms with Crippen LogP contribution in [0, 0.1) is 12.7 Å². The number of nitrogens with zero attached hydrogens (tertiary/aromatic N) is 1. The summed E-state index contributed by atoms with van der Waals surface area (Å²) < 4.78 is 13.4. The standard InChI is InChI=1S/C13H10FNO/c1-9-6-7-10(8-15-9)13(16)11-4-2-3-5-12(11)14/h2-8H,1H3. The van der Waals surface area contributed by atoms with Gasteiger partial charge in [0.05, 0.1) is 5.56 Å². The van der Waals surface area contributed by atoms with Crippen LogP contribution in [0.4, 0.5) is 4.39 Å². The van der Waals surface area contributed by atoms with Gasteiger partial charge in [0.2, 0.25) is 0 Å². The van der Waals surface area contributed by atoms with Crippen molar-refractivity contribution in [3.05, 3.63) is 65.2 Å². The van der Waals surface area contributed by atoms with Gasteiger partial charge in [0.25, 0.3) is 0 Å². The number of aromatic nitrogens is 1. The summed E-state index contributed by atoms with van der Waals surface area (Å²) in [6.07, 6.45) is 1.46. The molecule has 0 unspecified atom stereocenters. The molecule has 1 heterocycles. The van der Waals surface area contributed by atoms with E-state index in [9.17, 15) is 9.18 Å². The van der Waals surface area contributed by atoms with Gasteiger partial charge in [0.1, 0.15) is 5.82 Å². The maximum absolute atomic E-state index is 13.4. The van der Waals surface area contributed by atoms with Crippen LogP contribution in [0.5, 0.6) is 0 Å². The summed E-state index contributed by atoms with van der Waals surface area (Å²) in [5.74, 6) is -0.848. The van der Waals surface area contributed by atoms with Gasteiger partial charge in [-0.1, -0.05) is 12.1 Å². The summed E-state index contributed by atoms with van der Waals surface area (Å²) in [7, 11) is 0. The van der Waals surface area contributed by atoms with Gasteiger partial charge in [-0.3, -0.25) is 9.78 Å². The van der Waals surface area contributed by atoms with Crippen LogP contribution in [0.1, 0.15) is 21.6 Å². The Kier molecular flexibility index (Phi) is 2.77. The van der Waals surface area contributed by atoms with Crippen molar-refractivity contribution in [2.24, 2.45) is 0 Å². The first-order valence-electron chi connectivity index (χ1n) is 4.90. The van der Waals surface area contributed by atoms with Gasteiger partial charge in [0.15, 0.2) is 5.78 Å². The van der Waals surface area contributed by atoms with Crippen molar-refractivity contribution >= 4 is 5.78 Å². The van der Waals surface area contributed by atoms with Crippen molar-refractivity contribution in [1.29, 1.82) is 0 Å². The molecule has 2 rings (SSSR count). The third-order valence-corrected chi connectivity index (χ3v) is 2.29. The van der Waals surface area contributed by atoms with Crippen LogP contribution in [-0.2, 0) is 0 Å². The van der Waals surface area contributed by atoms with E-state index in [-0.39, 0.29) is 11.3 Å². The zero-order chi connectivity index (χ0) is 11.5. The molecular formula is C13H10FNO. The average molecular weight is 215 g/mol. The van der Waals surface area contributed by atoms with Crippen molar-refractivity contribution in [3.63, 3.8) is 0 Å². The van der Waals surface area contributed by atoms with Crippen LogP contribution in [0.15, 0.2) is 42.6 Å². The summed E-state index contributed by atoms with van der Waals surface area (Å²) in [5, 5.41) is 0. The highest BCUT2D eigenvalue weighted by molar-refractivity contribution is 6.08. The number of benzene rings is 1. The Morgan fingerprint density at radius 2 is 1.94 bits per heavy atom. The molecule has 0 bridgehead atoms. The Balaban J connectivity index is 2.40. The summed E-state index contributed by atoms with van der Waals surface area (Å²) in [5.41, 5.74) is 1.30. The van der Waals surface area contributed by atoms with E-state index in [0.717, 1.165) is 5.69 Å². The lowest BCUT2D eigenvalue weighted by Crippen LogP contribution is -2.04. The highest BCUT2D eigenvalue weighted by atomic mass is 19.1. The van der Waals surface area contributed by atoms with Crippen molar-refractivity contribution in [1.82, 2.24) is 4.98 Å². The largest absolute Gasteiger partial charge is 0.288 e. The first kappa shape index (κ1) is 10.5. The lowest BCUT2D eigenvalue weighted by molar-refractivity contribution is 0.103. The smallest absolute Gasteiger partial charge is 0.197 e. The van der Waals surface area contributed by atoms with E-state index >= 15 is 0 Å². The van der Waals surface area contributed by atoms with E-state index in [0.29, 0.717) is 5.56 Å². The van der Waals surface area contributed by atoms with E-state index in [1.54, 1.807) is 24.3 Å². The number of ketones is 1. The minimum absolute atomic E-state index is 0.0770. The molecule has 0 aliphatic rings. The second-order valence-corrected chi connectivity index (χ2v) is 3.50. The third kappa shape index (κ3) is 1.98. The quantitative estimate of drug-likeness (QED) is 0.721. The van der Waals surface area contributed by atoms with Crippen LogP contribution in [0.25, 0.3) is 0 Å². The summed E-state index contributed by atoms with van der Waals surface area (Å²) in [4.78, 5) is 15.9. The Morgan fingerprint density at radius 1 is 1.19 bits per heavy atom. The fraction of sp³-hybridized carbons (Fsp3) is 0.0769. The number of aryl methyl sites for hydroxylation is 1. The zero-order valence-electron chi connectivity index (χ0n) is 8.77. The molecule has 0 fully saturated rings. The van der Waals surface area contributed by atoms with Gasteiger partial charge in [-0.2, -0.15) is 0 Å². The average Bonchev–Trinajstić information content (AvgIpc) is 2.30. The molecule has 3 heteroatoms. The van der Waals surface area contributed by atoms with Gasteiger partial charge in [-0.25, -0.2) is 4.39 Å². The predicted molar refractivity (Wildman–Crippen MR) is 58.8 cm³/mol. The van der Waals surface area contributed by atoms with Crippen LogP contribution in [-0.4, -0.2) is 10.8 Å². The molecule has 80 valence electrons. The fourth-order valence-electron chi connectivity index (χ4n) is 1.40. The fourth-order valence-corrected chi connectivity index (χ4v) is 1.40. The van der Waals surface area contributed by atoms with Crippen molar-refractivity contribution in [3.8, 4) is 0 Å². The number of halogens is 1. The highest BCUT2D eigenvalue weighted by Gasteiger charge is 2.12. The maximum Gasteiger partial charge on any atom is 0.197 e. The molecule has 1 aromatic carbocycles. The first-order valence-corrected chi connectivity index (χ1v) is 4.90. The van der Waals surface area contributed by atoms with Gasteiger partial charge in [0, 0.05) is 17.5 Å². The second kappa shape index (κ2) is 4.23. The molecule has 2 nitrogen and oxygen atoms in total. The molecule has 16 heavy (non-hydrogen) atoms. The minimum atomic E-state index is -0.506. The lowest BCUT2D eigenvalue weighted by Gasteiger charge is -2.02. The molecule has 0 saturated heterocycles. The number of carbonyl (C=O) groups excluding carboxylic acids is 1. The molecule has 0 atom stereocenters. The topological polar surface area (TPSA) is 30.0 Å². The van der Waals surface area contributed by atoms with E-state index < -0.39 is 5.82 Å². The predicted octanol–water partition coefficient (Wildman–Crippen LogP) is 2.76. The van der Waals surface area contributed by atoms with Crippen molar-refractivity contribution in [2.45, 2.75) is 6.92 Å². The summed E-state index contributed by atoms with van der Waals surface area (Å²) in [6.45, 7) is 1.83.